The van der Waals surface area contributed by atoms with Gasteiger partial charge in [-0.2, -0.15) is 5.26 Å². The van der Waals surface area contributed by atoms with Crippen LogP contribution in [-0.2, 0) is 9.53 Å². The highest BCUT2D eigenvalue weighted by Gasteiger charge is 2.38. The van der Waals surface area contributed by atoms with Gasteiger partial charge in [-0.05, 0) is 36.8 Å². The van der Waals surface area contributed by atoms with Crippen molar-refractivity contribution in [1.82, 2.24) is 10.2 Å². The number of carbonyl (C=O) groups excluding carboxylic acids is 2. The van der Waals surface area contributed by atoms with Crippen molar-refractivity contribution in [3.05, 3.63) is 77.0 Å². The molecule has 4 rings (SSSR count). The summed E-state index contributed by atoms with van der Waals surface area (Å²) in [5.74, 6) is -0.119. The highest BCUT2D eigenvalue weighted by atomic mass is 16.5. The fraction of sp³-hybridized carbons (Fsp3) is 0.261. The Morgan fingerprint density at radius 2 is 1.77 bits per heavy atom. The van der Waals surface area contributed by atoms with Crippen LogP contribution >= 0.6 is 0 Å². The number of hydrogen-bond acceptors (Lipinski definition) is 4. The van der Waals surface area contributed by atoms with E-state index in [1.807, 2.05) is 30.3 Å². The fourth-order valence-electron chi connectivity index (χ4n) is 3.84. The van der Waals surface area contributed by atoms with Crippen LogP contribution < -0.4 is 10.2 Å². The van der Waals surface area contributed by atoms with Crippen LogP contribution in [0.25, 0.3) is 0 Å². The summed E-state index contributed by atoms with van der Waals surface area (Å²) in [6.45, 7) is 3.81. The number of nitriles is 1. The normalized spacial score (nSPS) is 19.3. The number of nitrogens with one attached hydrogen (secondary N) is 1. The van der Waals surface area contributed by atoms with Crippen LogP contribution in [0.5, 0.6) is 0 Å². The van der Waals surface area contributed by atoms with E-state index in [0.29, 0.717) is 48.8 Å². The Hall–Kier alpha value is -3.63. The number of amides is 3. The molecule has 2 aromatic carbocycles. The molecule has 1 fully saturated rings. The Balaban J connectivity index is 1.80. The number of allylic oxidation sites excluding steroid dienone is 1. The number of nitrogens with zero attached hydrogens (tertiary/aromatic N) is 3. The lowest BCUT2D eigenvalue weighted by Crippen LogP contribution is -2.51. The molecule has 0 saturated carbocycles. The molecule has 0 spiro atoms. The van der Waals surface area contributed by atoms with E-state index in [-0.39, 0.29) is 11.9 Å². The Kier molecular flexibility index (Phi) is 5.50. The molecule has 2 aliphatic heterocycles. The van der Waals surface area contributed by atoms with Gasteiger partial charge in [0.1, 0.15) is 0 Å². The molecule has 1 atom stereocenters. The summed E-state index contributed by atoms with van der Waals surface area (Å²) in [5, 5.41) is 12.1. The van der Waals surface area contributed by atoms with Crippen LogP contribution in [0.3, 0.4) is 0 Å². The summed E-state index contributed by atoms with van der Waals surface area (Å²) in [5.41, 5.74) is 3.08. The van der Waals surface area contributed by atoms with Gasteiger partial charge in [0.2, 0.25) is 0 Å². The van der Waals surface area contributed by atoms with Crippen LogP contribution in [0.1, 0.15) is 24.1 Å². The van der Waals surface area contributed by atoms with Crippen molar-refractivity contribution in [3.63, 3.8) is 0 Å². The highest BCUT2D eigenvalue weighted by molar-refractivity contribution is 6.04. The number of morpholine rings is 1. The molecule has 7 heteroatoms. The predicted octanol–water partition coefficient (Wildman–Crippen LogP) is 2.96. The molecule has 3 amide bonds. The molecular weight excluding hydrogens is 380 g/mol. The average Bonchev–Trinajstić information content (AvgIpc) is 2.80. The van der Waals surface area contributed by atoms with Crippen molar-refractivity contribution in [2.75, 3.05) is 31.2 Å². The largest absolute Gasteiger partial charge is 0.378 e. The van der Waals surface area contributed by atoms with Crippen molar-refractivity contribution in [2.45, 2.75) is 13.0 Å². The third kappa shape index (κ3) is 3.65. The fourth-order valence-corrected chi connectivity index (χ4v) is 3.84. The van der Waals surface area contributed by atoms with E-state index in [1.54, 1.807) is 36.1 Å². The van der Waals surface area contributed by atoms with Crippen LogP contribution in [0.15, 0.2) is 65.9 Å². The van der Waals surface area contributed by atoms with E-state index in [0.717, 1.165) is 5.56 Å². The molecule has 0 aromatic heterocycles. The van der Waals surface area contributed by atoms with Crippen LogP contribution in [0.4, 0.5) is 10.5 Å². The Morgan fingerprint density at radius 3 is 2.40 bits per heavy atom. The number of rotatable bonds is 3. The standard InChI is InChI=1S/C23H22N4O3/c1-16-20(22(28)26-11-13-30-14-12-26)21(18-9-7-17(15-24)8-10-18)25-23(29)27(16)19-5-3-2-4-6-19/h2-10,21H,11-14H2,1H3,(H,25,29)/t21-/m1/s1. The number of carbonyl (C=O) groups is 2. The summed E-state index contributed by atoms with van der Waals surface area (Å²) in [4.78, 5) is 29.9. The smallest absolute Gasteiger partial charge is 0.326 e. The molecule has 30 heavy (non-hydrogen) atoms. The van der Waals surface area contributed by atoms with Gasteiger partial charge in [-0.3, -0.25) is 9.69 Å². The number of ether oxygens (including phenoxy) is 1. The van der Waals surface area contributed by atoms with Gasteiger partial charge in [0, 0.05) is 18.8 Å². The van der Waals surface area contributed by atoms with Gasteiger partial charge in [-0.15, -0.1) is 0 Å². The first-order chi connectivity index (χ1) is 14.6. The summed E-state index contributed by atoms with van der Waals surface area (Å²) >= 11 is 0. The van der Waals surface area contributed by atoms with Crippen LogP contribution in [0, 0.1) is 11.3 Å². The number of benzene rings is 2. The maximum Gasteiger partial charge on any atom is 0.326 e. The first kappa shape index (κ1) is 19.7. The van der Waals surface area contributed by atoms with Crippen LogP contribution in [-0.4, -0.2) is 43.1 Å². The molecule has 2 aromatic rings. The van der Waals surface area contributed by atoms with Crippen molar-refractivity contribution in [3.8, 4) is 6.07 Å². The summed E-state index contributed by atoms with van der Waals surface area (Å²) in [6, 6.07) is 17.4. The van der Waals surface area contributed by atoms with Gasteiger partial charge < -0.3 is 15.0 Å². The third-order valence-electron chi connectivity index (χ3n) is 5.40. The monoisotopic (exact) mass is 402 g/mol. The second-order valence-corrected chi connectivity index (χ2v) is 7.19. The minimum Gasteiger partial charge on any atom is -0.378 e. The van der Waals surface area contributed by atoms with Gasteiger partial charge in [0.25, 0.3) is 5.91 Å². The topological polar surface area (TPSA) is 85.7 Å². The maximum absolute atomic E-state index is 13.5. The Morgan fingerprint density at radius 1 is 1.10 bits per heavy atom. The lowest BCUT2D eigenvalue weighted by atomic mass is 9.93. The zero-order chi connectivity index (χ0) is 21.1. The van der Waals surface area contributed by atoms with E-state index in [1.165, 1.54) is 4.90 Å². The van der Waals surface area contributed by atoms with Crippen molar-refractivity contribution < 1.29 is 14.3 Å². The number of urea groups is 1. The van der Waals surface area contributed by atoms with E-state index in [9.17, 15) is 9.59 Å². The second kappa shape index (κ2) is 8.39. The molecule has 152 valence electrons. The number of anilines is 1. The van der Waals surface area contributed by atoms with Gasteiger partial charge >= 0.3 is 6.03 Å². The predicted molar refractivity (Wildman–Crippen MR) is 111 cm³/mol. The molecule has 2 aliphatic rings. The number of hydrogen-bond donors (Lipinski definition) is 1. The van der Waals surface area contributed by atoms with Gasteiger partial charge in [0.05, 0.1) is 42.1 Å². The molecule has 1 N–H and O–H groups in total. The van der Waals surface area contributed by atoms with Crippen LogP contribution in [0.2, 0.25) is 0 Å². The van der Waals surface area contributed by atoms with E-state index < -0.39 is 6.04 Å². The Labute approximate surface area is 175 Å². The quantitative estimate of drug-likeness (QED) is 0.855. The first-order valence-corrected chi connectivity index (χ1v) is 9.83. The zero-order valence-electron chi connectivity index (χ0n) is 16.7. The molecule has 7 nitrogen and oxygen atoms in total. The number of para-hydroxylation sites is 1. The lowest BCUT2D eigenvalue weighted by Gasteiger charge is -2.38. The molecule has 0 aliphatic carbocycles. The summed E-state index contributed by atoms with van der Waals surface area (Å²) in [7, 11) is 0. The lowest BCUT2D eigenvalue weighted by molar-refractivity contribution is -0.131. The summed E-state index contributed by atoms with van der Waals surface area (Å²) < 4.78 is 5.39. The third-order valence-corrected chi connectivity index (χ3v) is 5.40. The van der Waals surface area contributed by atoms with Crippen molar-refractivity contribution >= 4 is 17.6 Å². The van der Waals surface area contributed by atoms with Crippen molar-refractivity contribution in [2.24, 2.45) is 0 Å². The zero-order valence-corrected chi connectivity index (χ0v) is 16.7. The minimum absolute atomic E-state index is 0.119. The Bertz CT molecular complexity index is 1020. The minimum atomic E-state index is -0.597. The van der Waals surface area contributed by atoms with Crippen molar-refractivity contribution in [1.29, 1.82) is 5.26 Å². The molecule has 0 radical (unpaired) electrons. The molecule has 2 heterocycles. The molecule has 0 bridgehead atoms. The summed E-state index contributed by atoms with van der Waals surface area (Å²) in [6.07, 6.45) is 0. The highest BCUT2D eigenvalue weighted by Crippen LogP contribution is 2.34. The van der Waals surface area contributed by atoms with E-state index >= 15 is 0 Å². The molecule has 1 saturated heterocycles. The van der Waals surface area contributed by atoms with Gasteiger partial charge in [-0.1, -0.05) is 30.3 Å². The van der Waals surface area contributed by atoms with E-state index in [4.69, 9.17) is 10.00 Å². The molecular formula is C23H22N4O3. The SMILES string of the molecule is CC1=C(C(=O)N2CCOCC2)[C@@H](c2ccc(C#N)cc2)NC(=O)N1c1ccccc1. The average molecular weight is 402 g/mol. The second-order valence-electron chi connectivity index (χ2n) is 7.19. The van der Waals surface area contributed by atoms with Gasteiger partial charge in [0.15, 0.2) is 0 Å². The first-order valence-electron chi connectivity index (χ1n) is 9.83. The van der Waals surface area contributed by atoms with Gasteiger partial charge in [-0.25, -0.2) is 4.79 Å². The maximum atomic E-state index is 13.5. The molecule has 0 unspecified atom stereocenters. The van der Waals surface area contributed by atoms with E-state index in [2.05, 4.69) is 11.4 Å².